The normalized spacial score (nSPS) is 17.5. The average molecular weight is 396 g/mol. The van der Waals surface area contributed by atoms with E-state index in [0.29, 0.717) is 17.9 Å². The molecule has 1 heterocycles. The highest BCUT2D eigenvalue weighted by Gasteiger charge is 2.20. The van der Waals surface area contributed by atoms with Gasteiger partial charge in [-0.25, -0.2) is 4.39 Å². The number of carbonyl (C=O) groups is 1. The van der Waals surface area contributed by atoms with Crippen molar-refractivity contribution in [1.82, 2.24) is 4.90 Å². The van der Waals surface area contributed by atoms with Gasteiger partial charge < -0.3 is 9.64 Å². The third-order valence-corrected chi connectivity index (χ3v) is 5.39. The van der Waals surface area contributed by atoms with Crippen LogP contribution in [0.15, 0.2) is 54.6 Å². The first-order valence-corrected chi connectivity index (χ1v) is 10.5. The zero-order chi connectivity index (χ0) is 20.5. The van der Waals surface area contributed by atoms with Crippen molar-refractivity contribution in [1.29, 1.82) is 0 Å². The minimum absolute atomic E-state index is 0.0856. The molecule has 0 aromatic heterocycles. The number of hydrogen-bond acceptors (Lipinski definition) is 3. The first-order chi connectivity index (χ1) is 14.2. The Balaban J connectivity index is 1.42. The van der Waals surface area contributed by atoms with Crippen LogP contribution in [0.4, 0.5) is 4.39 Å². The van der Waals surface area contributed by atoms with Crippen LogP contribution in [0.2, 0.25) is 0 Å². The molecule has 0 amide bonds. The summed E-state index contributed by atoms with van der Waals surface area (Å²) in [5, 5.41) is 0. The first-order valence-electron chi connectivity index (χ1n) is 10.5. The Morgan fingerprint density at radius 3 is 2.79 bits per heavy atom. The van der Waals surface area contributed by atoms with Gasteiger partial charge in [-0.3, -0.25) is 4.79 Å². The van der Waals surface area contributed by atoms with Gasteiger partial charge in [0.05, 0.1) is 6.61 Å². The van der Waals surface area contributed by atoms with E-state index in [0.717, 1.165) is 50.4 Å². The van der Waals surface area contributed by atoms with Crippen LogP contribution in [-0.2, 0) is 0 Å². The molecule has 0 saturated carbocycles. The van der Waals surface area contributed by atoms with Crippen LogP contribution in [0.1, 0.15) is 48.5 Å². The fourth-order valence-electron chi connectivity index (χ4n) is 3.87. The van der Waals surface area contributed by atoms with Gasteiger partial charge in [0, 0.05) is 30.0 Å². The zero-order valence-electron chi connectivity index (χ0n) is 17.1. The van der Waals surface area contributed by atoms with E-state index in [-0.39, 0.29) is 11.6 Å². The number of Topliss-reactive ketones (excluding diaryl/α,β-unsaturated/α-hetero) is 1. The molecular formula is C25H30FNO2. The molecular weight excluding hydrogens is 365 g/mol. The summed E-state index contributed by atoms with van der Waals surface area (Å²) in [5.41, 5.74) is 1.71. The molecule has 1 atom stereocenters. The number of para-hydroxylation sites is 1. The summed E-state index contributed by atoms with van der Waals surface area (Å²) in [4.78, 5) is 14.7. The van der Waals surface area contributed by atoms with Crippen LogP contribution in [0.25, 0.3) is 6.08 Å². The Bertz CT molecular complexity index is 816. The first kappa shape index (κ1) is 21.3. The third-order valence-electron chi connectivity index (χ3n) is 5.39. The predicted molar refractivity (Wildman–Crippen MR) is 116 cm³/mol. The lowest BCUT2D eigenvalue weighted by atomic mass is 9.98. The van der Waals surface area contributed by atoms with Gasteiger partial charge in [0.15, 0.2) is 5.78 Å². The van der Waals surface area contributed by atoms with E-state index in [1.165, 1.54) is 18.6 Å². The van der Waals surface area contributed by atoms with Crippen LogP contribution in [-0.4, -0.2) is 36.9 Å². The highest BCUT2D eigenvalue weighted by Crippen LogP contribution is 2.23. The van der Waals surface area contributed by atoms with Gasteiger partial charge in [0.2, 0.25) is 0 Å². The Morgan fingerprint density at radius 1 is 1.21 bits per heavy atom. The number of ether oxygens (including phenoxy) is 1. The highest BCUT2D eigenvalue weighted by atomic mass is 19.1. The molecule has 3 rings (SSSR count). The Morgan fingerprint density at radius 2 is 2.00 bits per heavy atom. The van der Waals surface area contributed by atoms with Crippen molar-refractivity contribution in [3.63, 3.8) is 0 Å². The van der Waals surface area contributed by atoms with Crippen molar-refractivity contribution in [3.8, 4) is 5.75 Å². The molecule has 0 radical (unpaired) electrons. The van der Waals surface area contributed by atoms with Gasteiger partial charge >= 0.3 is 0 Å². The van der Waals surface area contributed by atoms with Gasteiger partial charge in [-0.1, -0.05) is 30.4 Å². The van der Waals surface area contributed by atoms with Crippen molar-refractivity contribution in [2.24, 2.45) is 5.92 Å². The number of hydrogen-bond donors (Lipinski definition) is 0. The smallest absolute Gasteiger partial charge is 0.162 e. The van der Waals surface area contributed by atoms with Crippen molar-refractivity contribution >= 4 is 11.9 Å². The topological polar surface area (TPSA) is 29.5 Å². The summed E-state index contributed by atoms with van der Waals surface area (Å²) >= 11 is 0. The lowest BCUT2D eigenvalue weighted by Crippen LogP contribution is -2.38. The van der Waals surface area contributed by atoms with Gasteiger partial charge in [-0.15, -0.1) is 0 Å². The van der Waals surface area contributed by atoms with Crippen LogP contribution in [0, 0.1) is 11.7 Å². The monoisotopic (exact) mass is 395 g/mol. The van der Waals surface area contributed by atoms with Crippen LogP contribution in [0.3, 0.4) is 0 Å². The Hall–Kier alpha value is -2.46. The number of piperidine rings is 1. The van der Waals surface area contributed by atoms with Crippen LogP contribution < -0.4 is 4.74 Å². The number of benzene rings is 2. The second-order valence-corrected chi connectivity index (χ2v) is 7.69. The second kappa shape index (κ2) is 10.9. The van der Waals surface area contributed by atoms with E-state index >= 15 is 0 Å². The van der Waals surface area contributed by atoms with Gasteiger partial charge in [0.25, 0.3) is 0 Å². The molecule has 4 heteroatoms. The maximum Gasteiger partial charge on any atom is 0.162 e. The Kier molecular flexibility index (Phi) is 8.00. The molecule has 1 aliphatic heterocycles. The third kappa shape index (κ3) is 6.53. The Labute approximate surface area is 173 Å². The molecule has 0 aliphatic carbocycles. The summed E-state index contributed by atoms with van der Waals surface area (Å²) in [5.74, 6) is 1.22. The summed E-state index contributed by atoms with van der Waals surface area (Å²) in [6.07, 6.45) is 7.76. The zero-order valence-corrected chi connectivity index (χ0v) is 17.1. The van der Waals surface area contributed by atoms with Crippen molar-refractivity contribution in [2.45, 2.75) is 32.6 Å². The molecule has 2 aromatic carbocycles. The van der Waals surface area contributed by atoms with E-state index in [2.05, 4.69) is 17.0 Å². The largest absolute Gasteiger partial charge is 0.493 e. The van der Waals surface area contributed by atoms with Crippen molar-refractivity contribution < 1.29 is 13.9 Å². The van der Waals surface area contributed by atoms with E-state index in [1.54, 1.807) is 12.1 Å². The summed E-state index contributed by atoms with van der Waals surface area (Å²) in [6, 6.07) is 14.0. The molecule has 0 spiro atoms. The number of likely N-dealkylation sites (tertiary alicyclic amines) is 1. The number of halogens is 1. The molecule has 3 nitrogen and oxygen atoms in total. The van der Waals surface area contributed by atoms with Gasteiger partial charge in [0.1, 0.15) is 11.6 Å². The van der Waals surface area contributed by atoms with Crippen LogP contribution in [0.5, 0.6) is 5.75 Å². The van der Waals surface area contributed by atoms with Gasteiger partial charge in [-0.05, 0) is 69.6 Å². The minimum atomic E-state index is -0.309. The molecule has 2 aromatic rings. The van der Waals surface area contributed by atoms with Crippen LogP contribution >= 0.6 is 0 Å². The van der Waals surface area contributed by atoms with Gasteiger partial charge in [-0.2, -0.15) is 0 Å². The van der Waals surface area contributed by atoms with E-state index in [1.807, 2.05) is 31.2 Å². The lowest BCUT2D eigenvalue weighted by molar-refractivity contribution is 0.0960. The van der Waals surface area contributed by atoms with E-state index in [9.17, 15) is 9.18 Å². The number of rotatable bonds is 9. The van der Waals surface area contributed by atoms with Crippen molar-refractivity contribution in [2.75, 3.05) is 26.2 Å². The molecule has 1 unspecified atom stereocenters. The summed E-state index contributed by atoms with van der Waals surface area (Å²) < 4.78 is 19.1. The van der Waals surface area contributed by atoms with E-state index < -0.39 is 0 Å². The maximum absolute atomic E-state index is 13.0. The fraction of sp³-hybridized carbons (Fsp3) is 0.400. The molecule has 0 bridgehead atoms. The quantitative estimate of drug-likeness (QED) is 0.517. The maximum atomic E-state index is 13.0. The summed E-state index contributed by atoms with van der Waals surface area (Å²) in [7, 11) is 0. The SMILES string of the molecule is C/C=C/c1ccccc1OCC1CCCN(CCCC(=O)c2ccc(F)cc2)C1. The molecule has 1 saturated heterocycles. The minimum Gasteiger partial charge on any atom is -0.493 e. The number of nitrogens with zero attached hydrogens (tertiary/aromatic N) is 1. The standard InChI is InChI=1S/C25H30FNO2/c1-2-7-22-9-3-4-11-25(22)29-19-20-8-5-16-27(18-20)17-6-10-24(28)21-12-14-23(26)15-13-21/h2-4,7,9,11-15,20H,5-6,8,10,16-19H2,1H3/b7-2+. The second-order valence-electron chi connectivity index (χ2n) is 7.69. The van der Waals surface area contributed by atoms with Crippen molar-refractivity contribution in [3.05, 3.63) is 71.6 Å². The number of allylic oxidation sites excluding steroid dienone is 1. The highest BCUT2D eigenvalue weighted by molar-refractivity contribution is 5.95. The molecule has 1 fully saturated rings. The van der Waals surface area contributed by atoms with E-state index in [4.69, 9.17) is 4.74 Å². The average Bonchev–Trinajstić information content (AvgIpc) is 2.74. The lowest BCUT2D eigenvalue weighted by Gasteiger charge is -2.32. The molecule has 154 valence electrons. The number of carbonyl (C=O) groups excluding carboxylic acids is 1. The molecule has 1 aliphatic rings. The summed E-state index contributed by atoms with van der Waals surface area (Å²) in [6.45, 7) is 5.74. The number of ketones is 1. The predicted octanol–water partition coefficient (Wildman–Crippen LogP) is 5.61. The fourth-order valence-corrected chi connectivity index (χ4v) is 3.87. The molecule has 29 heavy (non-hydrogen) atoms. The molecule has 0 N–H and O–H groups in total.